The van der Waals surface area contributed by atoms with E-state index < -0.39 is 11.7 Å². The molecular formula is C14H15F3N2O2. The van der Waals surface area contributed by atoms with Crippen LogP contribution in [0, 0.1) is 0 Å². The Bertz CT molecular complexity index is 533. The Morgan fingerprint density at radius 2 is 1.90 bits per heavy atom. The summed E-state index contributed by atoms with van der Waals surface area (Å²) in [7, 11) is 0. The van der Waals surface area contributed by atoms with Crippen LogP contribution in [0.3, 0.4) is 0 Å². The summed E-state index contributed by atoms with van der Waals surface area (Å²) < 4.78 is 37.7. The third-order valence-corrected chi connectivity index (χ3v) is 3.25. The number of nitrogens with one attached hydrogen (secondary N) is 1. The first-order chi connectivity index (χ1) is 9.84. The Morgan fingerprint density at radius 3 is 2.52 bits per heavy atom. The number of halogens is 3. The van der Waals surface area contributed by atoms with Crippen LogP contribution in [0.15, 0.2) is 24.3 Å². The summed E-state index contributed by atoms with van der Waals surface area (Å²) in [4.78, 5) is 24.7. The van der Waals surface area contributed by atoms with Crippen LogP contribution in [0.1, 0.15) is 18.4 Å². The Balaban J connectivity index is 1.92. The number of nitrogens with zero attached hydrogens (tertiary/aromatic N) is 1. The fraction of sp³-hybridized carbons (Fsp3) is 0.429. The van der Waals surface area contributed by atoms with Gasteiger partial charge in [0.1, 0.15) is 5.78 Å². The number of carbonyl (C=O) groups is 2. The highest BCUT2D eigenvalue weighted by atomic mass is 19.4. The maximum Gasteiger partial charge on any atom is 0.416 e. The molecule has 1 aromatic rings. The molecule has 1 aliphatic rings. The molecule has 1 aliphatic heterocycles. The average Bonchev–Trinajstić information content (AvgIpc) is 2.41. The van der Waals surface area contributed by atoms with Crippen LogP contribution < -0.4 is 5.32 Å². The van der Waals surface area contributed by atoms with Crippen LogP contribution in [0.5, 0.6) is 0 Å². The lowest BCUT2D eigenvalue weighted by Gasteiger charge is -2.25. The number of likely N-dealkylation sites (tertiary alicyclic amines) is 1. The smallest absolute Gasteiger partial charge is 0.325 e. The Hall–Kier alpha value is -1.89. The minimum atomic E-state index is -4.44. The molecule has 0 saturated carbocycles. The predicted octanol–water partition coefficient (Wildman–Crippen LogP) is 2.31. The van der Waals surface area contributed by atoms with Crippen molar-refractivity contribution < 1.29 is 22.8 Å². The van der Waals surface area contributed by atoms with E-state index in [0.717, 1.165) is 12.1 Å². The molecule has 1 aromatic carbocycles. The highest BCUT2D eigenvalue weighted by Crippen LogP contribution is 2.30. The van der Waals surface area contributed by atoms with Crippen molar-refractivity contribution in [2.45, 2.75) is 19.0 Å². The lowest BCUT2D eigenvalue weighted by molar-refractivity contribution is -0.137. The summed E-state index contributed by atoms with van der Waals surface area (Å²) >= 11 is 0. The van der Waals surface area contributed by atoms with Crippen LogP contribution in [0.4, 0.5) is 18.9 Å². The second-order valence-electron chi connectivity index (χ2n) is 4.94. The van der Waals surface area contributed by atoms with Crippen molar-refractivity contribution in [1.29, 1.82) is 0 Å². The largest absolute Gasteiger partial charge is 0.416 e. The summed E-state index contributed by atoms with van der Waals surface area (Å²) in [6, 6.07) is 4.51. The molecule has 0 spiro atoms. The molecule has 0 unspecified atom stereocenters. The van der Waals surface area contributed by atoms with Gasteiger partial charge in [0.15, 0.2) is 0 Å². The molecule has 0 radical (unpaired) electrons. The topological polar surface area (TPSA) is 49.4 Å². The van der Waals surface area contributed by atoms with Gasteiger partial charge in [-0.15, -0.1) is 0 Å². The third-order valence-electron chi connectivity index (χ3n) is 3.25. The lowest BCUT2D eigenvalue weighted by Crippen LogP contribution is -2.39. The van der Waals surface area contributed by atoms with Crippen molar-refractivity contribution in [3.8, 4) is 0 Å². The third kappa shape index (κ3) is 4.56. The van der Waals surface area contributed by atoms with Crippen molar-refractivity contribution in [3.63, 3.8) is 0 Å². The van der Waals surface area contributed by atoms with Gasteiger partial charge in [-0.2, -0.15) is 13.2 Å². The monoisotopic (exact) mass is 300 g/mol. The number of piperidine rings is 1. The first-order valence-corrected chi connectivity index (χ1v) is 6.56. The standard InChI is InChI=1S/C14H15F3N2O2/c15-14(16,17)10-2-1-3-11(8-10)18-13(21)9-19-6-4-12(20)5-7-19/h1-3,8H,4-7,9H2,(H,18,21). The molecule has 0 aliphatic carbocycles. The molecule has 2 rings (SSSR count). The van der Waals surface area contributed by atoms with Gasteiger partial charge >= 0.3 is 6.18 Å². The normalized spacial score (nSPS) is 16.8. The number of carbonyl (C=O) groups excluding carboxylic acids is 2. The molecular weight excluding hydrogens is 285 g/mol. The van der Waals surface area contributed by atoms with Gasteiger partial charge in [0.25, 0.3) is 0 Å². The molecule has 1 fully saturated rings. The Kier molecular flexibility index (Phi) is 4.62. The van der Waals surface area contributed by atoms with Crippen LogP contribution in [0.25, 0.3) is 0 Å². The SMILES string of the molecule is O=C1CCN(CC(=O)Nc2cccc(C(F)(F)F)c2)CC1. The molecule has 7 heteroatoms. The number of Topliss-reactive ketones (excluding diaryl/α,β-unsaturated/α-hetero) is 1. The number of benzene rings is 1. The maximum atomic E-state index is 12.6. The van der Waals surface area contributed by atoms with Crippen molar-refractivity contribution in [1.82, 2.24) is 4.90 Å². The van der Waals surface area contributed by atoms with Gasteiger partial charge in [-0.25, -0.2) is 0 Å². The quantitative estimate of drug-likeness (QED) is 0.932. The number of rotatable bonds is 3. The van der Waals surface area contributed by atoms with Gasteiger partial charge in [0.2, 0.25) is 5.91 Å². The van der Waals surface area contributed by atoms with E-state index in [4.69, 9.17) is 0 Å². The minimum absolute atomic E-state index is 0.0729. The highest BCUT2D eigenvalue weighted by molar-refractivity contribution is 5.92. The van der Waals surface area contributed by atoms with Gasteiger partial charge < -0.3 is 5.32 Å². The summed E-state index contributed by atoms with van der Waals surface area (Å²) in [5.74, 6) is -0.215. The summed E-state index contributed by atoms with van der Waals surface area (Å²) in [6.07, 6.45) is -3.61. The zero-order chi connectivity index (χ0) is 15.5. The summed E-state index contributed by atoms with van der Waals surface area (Å²) in [5.41, 5.74) is -0.688. The Morgan fingerprint density at radius 1 is 1.24 bits per heavy atom. The molecule has 0 bridgehead atoms. The summed E-state index contributed by atoms with van der Waals surface area (Å²) in [6.45, 7) is 1.09. The molecule has 1 N–H and O–H groups in total. The zero-order valence-corrected chi connectivity index (χ0v) is 11.2. The molecule has 1 amide bonds. The summed E-state index contributed by atoms with van der Waals surface area (Å²) in [5, 5.41) is 2.45. The van der Waals surface area contributed by atoms with Crippen molar-refractivity contribution in [2.75, 3.05) is 25.0 Å². The molecule has 1 heterocycles. The van der Waals surface area contributed by atoms with Gasteiger partial charge in [0, 0.05) is 31.6 Å². The van der Waals surface area contributed by atoms with E-state index >= 15 is 0 Å². The molecule has 114 valence electrons. The van der Waals surface area contributed by atoms with E-state index in [0.29, 0.717) is 25.9 Å². The molecule has 21 heavy (non-hydrogen) atoms. The van der Waals surface area contributed by atoms with E-state index in [1.54, 1.807) is 0 Å². The fourth-order valence-corrected chi connectivity index (χ4v) is 2.14. The van der Waals surface area contributed by atoms with Gasteiger partial charge in [0.05, 0.1) is 12.1 Å². The number of ketones is 1. The average molecular weight is 300 g/mol. The highest BCUT2D eigenvalue weighted by Gasteiger charge is 2.30. The van der Waals surface area contributed by atoms with Crippen LogP contribution in [-0.4, -0.2) is 36.2 Å². The van der Waals surface area contributed by atoms with Crippen molar-refractivity contribution in [2.24, 2.45) is 0 Å². The van der Waals surface area contributed by atoms with E-state index in [1.165, 1.54) is 12.1 Å². The Labute approximate surface area is 119 Å². The number of anilines is 1. The minimum Gasteiger partial charge on any atom is -0.325 e. The van der Waals surface area contributed by atoms with Gasteiger partial charge in [-0.05, 0) is 18.2 Å². The van der Waals surface area contributed by atoms with Crippen molar-refractivity contribution in [3.05, 3.63) is 29.8 Å². The molecule has 0 aromatic heterocycles. The number of hydrogen-bond acceptors (Lipinski definition) is 3. The van der Waals surface area contributed by atoms with E-state index in [-0.39, 0.29) is 23.9 Å². The van der Waals surface area contributed by atoms with Gasteiger partial charge in [-0.3, -0.25) is 14.5 Å². The first-order valence-electron chi connectivity index (χ1n) is 6.56. The molecule has 4 nitrogen and oxygen atoms in total. The van der Waals surface area contributed by atoms with E-state index in [1.807, 2.05) is 4.90 Å². The van der Waals surface area contributed by atoms with Crippen molar-refractivity contribution >= 4 is 17.4 Å². The molecule has 0 atom stereocenters. The number of amides is 1. The zero-order valence-electron chi connectivity index (χ0n) is 11.2. The van der Waals surface area contributed by atoms with E-state index in [2.05, 4.69) is 5.32 Å². The van der Waals surface area contributed by atoms with Crippen LogP contribution in [-0.2, 0) is 15.8 Å². The van der Waals surface area contributed by atoms with E-state index in [9.17, 15) is 22.8 Å². The first kappa shape index (κ1) is 15.5. The van der Waals surface area contributed by atoms with Crippen LogP contribution in [0.2, 0.25) is 0 Å². The number of hydrogen-bond donors (Lipinski definition) is 1. The number of alkyl halides is 3. The predicted molar refractivity (Wildman–Crippen MR) is 70.8 cm³/mol. The maximum absolute atomic E-state index is 12.6. The van der Waals surface area contributed by atoms with Crippen LogP contribution >= 0.6 is 0 Å². The second-order valence-corrected chi connectivity index (χ2v) is 4.94. The van der Waals surface area contributed by atoms with Gasteiger partial charge in [-0.1, -0.05) is 6.07 Å². The lowest BCUT2D eigenvalue weighted by atomic mass is 10.1. The molecule has 1 saturated heterocycles. The fourth-order valence-electron chi connectivity index (χ4n) is 2.14. The second kappa shape index (κ2) is 6.26.